The van der Waals surface area contributed by atoms with Gasteiger partial charge in [0.05, 0.1) is 18.3 Å². The van der Waals surface area contributed by atoms with Gasteiger partial charge in [0.25, 0.3) is 0 Å². The Morgan fingerprint density at radius 3 is 2.58 bits per heavy atom. The number of amides is 2. The normalized spacial score (nSPS) is 11.8. The topological polar surface area (TPSA) is 78.4 Å². The van der Waals surface area contributed by atoms with E-state index < -0.39 is 17.9 Å². The second-order valence-electron chi connectivity index (χ2n) is 4.20. The monoisotopic (exact) mass is 328 g/mol. The Balaban J connectivity index is 2.66. The standard InChI is InChI=1S/C13H17BrN2O3/c1-3-9(7-17)15-12(18)13(19)16-11-5-4-8(2)6-10(11)14/h4-6,9,17H,3,7H2,1-2H3,(H,15,18)(H,16,19)/t9-/m1/s1. The molecular weight excluding hydrogens is 312 g/mol. The number of hydrogen-bond donors (Lipinski definition) is 3. The molecule has 19 heavy (non-hydrogen) atoms. The summed E-state index contributed by atoms with van der Waals surface area (Å²) in [5, 5.41) is 13.9. The lowest BCUT2D eigenvalue weighted by Gasteiger charge is -2.14. The van der Waals surface area contributed by atoms with Gasteiger partial charge in [-0.1, -0.05) is 13.0 Å². The van der Waals surface area contributed by atoms with Crippen molar-refractivity contribution in [3.05, 3.63) is 28.2 Å². The number of benzene rings is 1. The average molecular weight is 329 g/mol. The number of carbonyl (C=O) groups is 2. The fourth-order valence-electron chi connectivity index (χ4n) is 1.43. The van der Waals surface area contributed by atoms with Crippen molar-refractivity contribution in [2.75, 3.05) is 11.9 Å². The highest BCUT2D eigenvalue weighted by molar-refractivity contribution is 9.10. The molecule has 0 spiro atoms. The van der Waals surface area contributed by atoms with Crippen LogP contribution in [-0.4, -0.2) is 29.6 Å². The van der Waals surface area contributed by atoms with Crippen LogP contribution in [0.25, 0.3) is 0 Å². The quantitative estimate of drug-likeness (QED) is 0.734. The molecule has 0 saturated heterocycles. The van der Waals surface area contributed by atoms with Gasteiger partial charge in [-0.2, -0.15) is 0 Å². The summed E-state index contributed by atoms with van der Waals surface area (Å²) in [4.78, 5) is 23.3. The molecule has 0 radical (unpaired) electrons. The molecule has 0 saturated carbocycles. The van der Waals surface area contributed by atoms with Gasteiger partial charge < -0.3 is 15.7 Å². The Morgan fingerprint density at radius 1 is 1.37 bits per heavy atom. The van der Waals surface area contributed by atoms with Gasteiger partial charge in [-0.05, 0) is 47.0 Å². The zero-order chi connectivity index (χ0) is 14.4. The lowest BCUT2D eigenvalue weighted by atomic mass is 10.2. The maximum atomic E-state index is 11.7. The van der Waals surface area contributed by atoms with Crippen molar-refractivity contribution in [1.82, 2.24) is 5.32 Å². The van der Waals surface area contributed by atoms with Crippen LogP contribution in [0.4, 0.5) is 5.69 Å². The molecule has 0 fully saturated rings. The molecule has 1 rings (SSSR count). The molecule has 0 aliphatic heterocycles. The predicted octanol–water partition coefficient (Wildman–Crippen LogP) is 1.58. The van der Waals surface area contributed by atoms with E-state index in [4.69, 9.17) is 5.11 Å². The van der Waals surface area contributed by atoms with Crippen LogP contribution < -0.4 is 10.6 Å². The third-order valence-corrected chi connectivity index (χ3v) is 3.28. The highest BCUT2D eigenvalue weighted by Gasteiger charge is 2.17. The first-order valence-electron chi connectivity index (χ1n) is 5.96. The molecule has 1 atom stereocenters. The van der Waals surface area contributed by atoms with Gasteiger partial charge in [-0.15, -0.1) is 0 Å². The number of halogens is 1. The largest absolute Gasteiger partial charge is 0.394 e. The van der Waals surface area contributed by atoms with Gasteiger partial charge in [-0.25, -0.2) is 0 Å². The van der Waals surface area contributed by atoms with Crippen molar-refractivity contribution in [2.24, 2.45) is 0 Å². The van der Waals surface area contributed by atoms with Gasteiger partial charge in [-0.3, -0.25) is 9.59 Å². The number of aryl methyl sites for hydroxylation is 1. The smallest absolute Gasteiger partial charge is 0.313 e. The molecule has 0 heterocycles. The van der Waals surface area contributed by atoms with E-state index in [1.165, 1.54) is 0 Å². The summed E-state index contributed by atoms with van der Waals surface area (Å²) in [7, 11) is 0. The number of rotatable bonds is 4. The van der Waals surface area contributed by atoms with Crippen LogP contribution in [0, 0.1) is 6.92 Å². The lowest BCUT2D eigenvalue weighted by Crippen LogP contribution is -2.43. The SMILES string of the molecule is CC[C@H](CO)NC(=O)C(=O)Nc1ccc(C)cc1Br. The van der Waals surface area contributed by atoms with E-state index in [-0.39, 0.29) is 6.61 Å². The van der Waals surface area contributed by atoms with Crippen molar-refractivity contribution in [1.29, 1.82) is 0 Å². The zero-order valence-electron chi connectivity index (χ0n) is 10.9. The van der Waals surface area contributed by atoms with Crippen LogP contribution in [0.3, 0.4) is 0 Å². The Labute approximate surface area is 120 Å². The average Bonchev–Trinajstić information content (AvgIpc) is 2.38. The van der Waals surface area contributed by atoms with Crippen molar-refractivity contribution in [3.8, 4) is 0 Å². The Bertz CT molecular complexity index is 473. The molecule has 0 unspecified atom stereocenters. The third kappa shape index (κ3) is 4.65. The van der Waals surface area contributed by atoms with Crippen LogP contribution in [0.5, 0.6) is 0 Å². The van der Waals surface area contributed by atoms with E-state index in [0.29, 0.717) is 16.6 Å². The lowest BCUT2D eigenvalue weighted by molar-refractivity contribution is -0.136. The number of hydrogen-bond acceptors (Lipinski definition) is 3. The molecule has 2 amide bonds. The van der Waals surface area contributed by atoms with E-state index >= 15 is 0 Å². The van der Waals surface area contributed by atoms with Crippen molar-refractivity contribution in [3.63, 3.8) is 0 Å². The molecule has 6 heteroatoms. The molecule has 0 bridgehead atoms. The molecule has 5 nitrogen and oxygen atoms in total. The first kappa shape index (κ1) is 15.7. The number of anilines is 1. The molecule has 104 valence electrons. The Kier molecular flexibility index (Phi) is 5.98. The fourth-order valence-corrected chi connectivity index (χ4v) is 2.02. The maximum absolute atomic E-state index is 11.7. The molecular formula is C13H17BrN2O3. The minimum absolute atomic E-state index is 0.191. The van der Waals surface area contributed by atoms with E-state index in [2.05, 4.69) is 26.6 Å². The van der Waals surface area contributed by atoms with Crippen LogP contribution in [0.1, 0.15) is 18.9 Å². The summed E-state index contributed by atoms with van der Waals surface area (Å²) < 4.78 is 0.711. The number of aliphatic hydroxyl groups is 1. The first-order valence-corrected chi connectivity index (χ1v) is 6.76. The van der Waals surface area contributed by atoms with Crippen LogP contribution in [0.2, 0.25) is 0 Å². The summed E-state index contributed by atoms with van der Waals surface area (Å²) in [5.41, 5.74) is 1.57. The summed E-state index contributed by atoms with van der Waals surface area (Å²) in [6.07, 6.45) is 0.559. The summed E-state index contributed by atoms with van der Waals surface area (Å²) in [6.45, 7) is 3.55. The summed E-state index contributed by atoms with van der Waals surface area (Å²) in [6, 6.07) is 4.99. The third-order valence-electron chi connectivity index (χ3n) is 2.63. The van der Waals surface area contributed by atoms with Gasteiger partial charge in [0.1, 0.15) is 0 Å². The van der Waals surface area contributed by atoms with Crippen LogP contribution in [-0.2, 0) is 9.59 Å². The highest BCUT2D eigenvalue weighted by Crippen LogP contribution is 2.23. The second kappa shape index (κ2) is 7.25. The molecule has 1 aromatic carbocycles. The van der Waals surface area contributed by atoms with Crippen molar-refractivity contribution >= 4 is 33.4 Å². The zero-order valence-corrected chi connectivity index (χ0v) is 12.5. The van der Waals surface area contributed by atoms with Crippen LogP contribution >= 0.6 is 15.9 Å². The fraction of sp³-hybridized carbons (Fsp3) is 0.385. The molecule has 0 aromatic heterocycles. The first-order chi connectivity index (χ1) is 8.97. The Hall–Kier alpha value is -1.40. The molecule has 0 aliphatic rings. The number of aliphatic hydroxyl groups excluding tert-OH is 1. The van der Waals surface area contributed by atoms with Crippen LogP contribution in [0.15, 0.2) is 22.7 Å². The van der Waals surface area contributed by atoms with Gasteiger partial charge >= 0.3 is 11.8 Å². The highest BCUT2D eigenvalue weighted by atomic mass is 79.9. The predicted molar refractivity (Wildman–Crippen MR) is 76.8 cm³/mol. The van der Waals surface area contributed by atoms with E-state index in [0.717, 1.165) is 5.56 Å². The Morgan fingerprint density at radius 2 is 2.05 bits per heavy atom. The van der Waals surface area contributed by atoms with Gasteiger partial charge in [0.2, 0.25) is 0 Å². The number of carbonyl (C=O) groups excluding carboxylic acids is 2. The van der Waals surface area contributed by atoms with Crippen molar-refractivity contribution < 1.29 is 14.7 Å². The molecule has 1 aromatic rings. The van der Waals surface area contributed by atoms with Gasteiger partial charge in [0.15, 0.2) is 0 Å². The summed E-state index contributed by atoms with van der Waals surface area (Å²) >= 11 is 3.32. The van der Waals surface area contributed by atoms with E-state index in [1.807, 2.05) is 26.0 Å². The van der Waals surface area contributed by atoms with E-state index in [9.17, 15) is 9.59 Å². The maximum Gasteiger partial charge on any atom is 0.313 e. The summed E-state index contributed by atoms with van der Waals surface area (Å²) in [5.74, 6) is -1.51. The van der Waals surface area contributed by atoms with Gasteiger partial charge in [0, 0.05) is 4.47 Å². The molecule has 0 aliphatic carbocycles. The molecule has 3 N–H and O–H groups in total. The number of nitrogens with one attached hydrogen (secondary N) is 2. The second-order valence-corrected chi connectivity index (χ2v) is 5.05. The minimum atomic E-state index is -0.756. The van der Waals surface area contributed by atoms with E-state index in [1.54, 1.807) is 6.07 Å². The minimum Gasteiger partial charge on any atom is -0.394 e. The van der Waals surface area contributed by atoms with Crippen molar-refractivity contribution in [2.45, 2.75) is 26.3 Å².